The van der Waals surface area contributed by atoms with Gasteiger partial charge in [0.1, 0.15) is 17.4 Å². The van der Waals surface area contributed by atoms with Crippen molar-refractivity contribution in [2.75, 3.05) is 11.5 Å². The predicted molar refractivity (Wildman–Crippen MR) is 57.3 cm³/mol. The lowest BCUT2D eigenvalue weighted by Gasteiger charge is -2.05. The Bertz CT molecular complexity index is 498. The van der Waals surface area contributed by atoms with Crippen molar-refractivity contribution in [3.05, 3.63) is 36.1 Å². The summed E-state index contributed by atoms with van der Waals surface area (Å²) >= 11 is 0. The van der Waals surface area contributed by atoms with E-state index in [1.807, 2.05) is 0 Å². The molecule has 0 aliphatic heterocycles. The first kappa shape index (κ1) is 10.2. The average molecular weight is 220 g/mol. The number of benzene rings is 1. The van der Waals surface area contributed by atoms with Crippen LogP contribution in [-0.2, 0) is 0 Å². The van der Waals surface area contributed by atoms with Gasteiger partial charge in [-0.2, -0.15) is 9.97 Å². The van der Waals surface area contributed by atoms with E-state index in [-0.39, 0.29) is 17.6 Å². The van der Waals surface area contributed by atoms with Crippen LogP contribution in [0.1, 0.15) is 0 Å². The maximum absolute atomic E-state index is 12.9. The Morgan fingerprint density at radius 3 is 2.62 bits per heavy atom. The molecule has 0 aliphatic carbocycles. The van der Waals surface area contributed by atoms with Crippen LogP contribution in [0.5, 0.6) is 11.6 Å². The molecule has 0 fully saturated rings. The van der Waals surface area contributed by atoms with Crippen molar-refractivity contribution >= 4 is 11.8 Å². The number of anilines is 2. The summed E-state index contributed by atoms with van der Waals surface area (Å²) < 4.78 is 18.1. The van der Waals surface area contributed by atoms with Gasteiger partial charge in [0.15, 0.2) is 0 Å². The van der Waals surface area contributed by atoms with Gasteiger partial charge in [0.2, 0.25) is 11.8 Å². The smallest absolute Gasteiger partial charge is 0.226 e. The van der Waals surface area contributed by atoms with Crippen molar-refractivity contribution < 1.29 is 9.13 Å². The molecule has 4 N–H and O–H groups in total. The van der Waals surface area contributed by atoms with Gasteiger partial charge >= 0.3 is 0 Å². The maximum atomic E-state index is 12.9. The fourth-order valence-corrected chi connectivity index (χ4v) is 1.16. The molecular weight excluding hydrogens is 211 g/mol. The molecule has 2 aromatic rings. The molecule has 0 amide bonds. The second-order valence-corrected chi connectivity index (χ2v) is 3.05. The molecule has 16 heavy (non-hydrogen) atoms. The van der Waals surface area contributed by atoms with E-state index in [4.69, 9.17) is 16.2 Å². The third kappa shape index (κ3) is 2.35. The fourth-order valence-electron chi connectivity index (χ4n) is 1.16. The zero-order chi connectivity index (χ0) is 11.5. The molecule has 0 saturated carbocycles. The van der Waals surface area contributed by atoms with Crippen LogP contribution in [0.15, 0.2) is 30.3 Å². The van der Waals surface area contributed by atoms with Crippen LogP contribution in [0, 0.1) is 5.82 Å². The third-order valence-corrected chi connectivity index (χ3v) is 1.76. The van der Waals surface area contributed by atoms with Crippen LogP contribution in [0.4, 0.5) is 16.2 Å². The van der Waals surface area contributed by atoms with Gasteiger partial charge in [-0.15, -0.1) is 0 Å². The molecule has 2 rings (SSSR count). The number of nitrogens with zero attached hydrogens (tertiary/aromatic N) is 2. The van der Waals surface area contributed by atoms with E-state index >= 15 is 0 Å². The lowest BCUT2D eigenvalue weighted by Crippen LogP contribution is -2.00. The van der Waals surface area contributed by atoms with E-state index in [0.29, 0.717) is 5.75 Å². The molecule has 0 radical (unpaired) electrons. The lowest BCUT2D eigenvalue weighted by atomic mass is 10.3. The SMILES string of the molecule is Nc1cc(Oc2cccc(F)c2)nc(N)n1. The van der Waals surface area contributed by atoms with Crippen LogP contribution in [0.2, 0.25) is 0 Å². The third-order valence-electron chi connectivity index (χ3n) is 1.76. The number of aromatic nitrogens is 2. The monoisotopic (exact) mass is 220 g/mol. The van der Waals surface area contributed by atoms with Crippen LogP contribution >= 0.6 is 0 Å². The molecule has 1 aromatic carbocycles. The van der Waals surface area contributed by atoms with Crippen LogP contribution in [0.25, 0.3) is 0 Å². The van der Waals surface area contributed by atoms with Crippen molar-refractivity contribution in [2.45, 2.75) is 0 Å². The first-order valence-corrected chi connectivity index (χ1v) is 4.47. The highest BCUT2D eigenvalue weighted by atomic mass is 19.1. The Morgan fingerprint density at radius 2 is 1.94 bits per heavy atom. The summed E-state index contributed by atoms with van der Waals surface area (Å²) in [7, 11) is 0. The zero-order valence-electron chi connectivity index (χ0n) is 8.22. The van der Waals surface area contributed by atoms with Crippen LogP contribution in [-0.4, -0.2) is 9.97 Å². The predicted octanol–water partition coefficient (Wildman–Crippen LogP) is 1.57. The Hall–Kier alpha value is -2.37. The molecular formula is C10H9FN4O. The van der Waals surface area contributed by atoms with Crippen molar-refractivity contribution in [2.24, 2.45) is 0 Å². The number of nitrogens with two attached hydrogens (primary N) is 2. The normalized spacial score (nSPS) is 10.1. The van der Waals surface area contributed by atoms with Gasteiger partial charge in [-0.05, 0) is 12.1 Å². The van der Waals surface area contributed by atoms with Crippen molar-refractivity contribution in [3.8, 4) is 11.6 Å². The fraction of sp³-hybridized carbons (Fsp3) is 0. The molecule has 5 nitrogen and oxygen atoms in total. The minimum absolute atomic E-state index is 0.00593. The van der Waals surface area contributed by atoms with Gasteiger partial charge in [0, 0.05) is 12.1 Å². The summed E-state index contributed by atoms with van der Waals surface area (Å²) in [6.45, 7) is 0. The molecule has 6 heteroatoms. The zero-order valence-corrected chi connectivity index (χ0v) is 8.22. The summed E-state index contributed by atoms with van der Waals surface area (Å²) in [5, 5.41) is 0. The number of halogens is 1. The number of nitrogen functional groups attached to an aromatic ring is 2. The van der Waals surface area contributed by atoms with Crippen LogP contribution < -0.4 is 16.2 Å². The molecule has 0 spiro atoms. The van der Waals surface area contributed by atoms with E-state index in [1.54, 1.807) is 6.07 Å². The highest BCUT2D eigenvalue weighted by molar-refractivity contribution is 5.40. The van der Waals surface area contributed by atoms with Gasteiger partial charge in [-0.3, -0.25) is 0 Å². The van der Waals surface area contributed by atoms with E-state index < -0.39 is 5.82 Å². The first-order valence-electron chi connectivity index (χ1n) is 4.47. The number of hydrogen-bond acceptors (Lipinski definition) is 5. The number of ether oxygens (including phenoxy) is 1. The second kappa shape index (κ2) is 4.01. The van der Waals surface area contributed by atoms with Gasteiger partial charge in [0.05, 0.1) is 0 Å². The topological polar surface area (TPSA) is 87.0 Å². The minimum Gasteiger partial charge on any atom is -0.439 e. The Labute approximate surface area is 90.9 Å². The quantitative estimate of drug-likeness (QED) is 0.802. The van der Waals surface area contributed by atoms with Gasteiger partial charge < -0.3 is 16.2 Å². The molecule has 1 aromatic heterocycles. The van der Waals surface area contributed by atoms with E-state index in [9.17, 15) is 4.39 Å². The largest absolute Gasteiger partial charge is 0.439 e. The summed E-state index contributed by atoms with van der Waals surface area (Å²) in [6.07, 6.45) is 0. The van der Waals surface area contributed by atoms with Crippen LogP contribution in [0.3, 0.4) is 0 Å². The van der Waals surface area contributed by atoms with Crippen molar-refractivity contribution in [3.63, 3.8) is 0 Å². The molecule has 0 saturated heterocycles. The highest BCUT2D eigenvalue weighted by Crippen LogP contribution is 2.21. The number of rotatable bonds is 2. The van der Waals surface area contributed by atoms with Gasteiger partial charge in [0.25, 0.3) is 0 Å². The molecule has 0 aliphatic rings. The minimum atomic E-state index is -0.396. The molecule has 0 atom stereocenters. The Kier molecular flexibility index (Phi) is 2.55. The summed E-state index contributed by atoms with van der Waals surface area (Å²) in [5.74, 6) is 0.297. The first-order chi connectivity index (χ1) is 7.63. The van der Waals surface area contributed by atoms with E-state index in [2.05, 4.69) is 9.97 Å². The van der Waals surface area contributed by atoms with Gasteiger partial charge in [-0.1, -0.05) is 6.07 Å². The molecule has 0 bridgehead atoms. The standard InChI is InChI=1S/C10H9FN4O/c11-6-2-1-3-7(4-6)16-9-5-8(12)14-10(13)15-9/h1-5H,(H4,12,13,14,15). The molecule has 82 valence electrons. The second-order valence-electron chi connectivity index (χ2n) is 3.05. The molecule has 1 heterocycles. The summed E-state index contributed by atoms with van der Waals surface area (Å²) in [6, 6.07) is 7.07. The lowest BCUT2D eigenvalue weighted by molar-refractivity contribution is 0.458. The average Bonchev–Trinajstić information content (AvgIpc) is 2.15. The van der Waals surface area contributed by atoms with Crippen molar-refractivity contribution in [1.29, 1.82) is 0 Å². The summed E-state index contributed by atoms with van der Waals surface area (Å²) in [5.41, 5.74) is 10.8. The Morgan fingerprint density at radius 1 is 1.12 bits per heavy atom. The van der Waals surface area contributed by atoms with E-state index in [0.717, 1.165) is 0 Å². The van der Waals surface area contributed by atoms with E-state index in [1.165, 1.54) is 24.3 Å². The van der Waals surface area contributed by atoms with Gasteiger partial charge in [-0.25, -0.2) is 4.39 Å². The molecule has 0 unspecified atom stereocenters. The highest BCUT2D eigenvalue weighted by Gasteiger charge is 2.03. The summed E-state index contributed by atoms with van der Waals surface area (Å²) in [4.78, 5) is 7.48. The Balaban J connectivity index is 2.27. The maximum Gasteiger partial charge on any atom is 0.226 e. The van der Waals surface area contributed by atoms with Crippen molar-refractivity contribution in [1.82, 2.24) is 9.97 Å². The number of hydrogen-bond donors (Lipinski definition) is 2.